The zero-order chi connectivity index (χ0) is 27.1. The van der Waals surface area contributed by atoms with Gasteiger partial charge in [0.25, 0.3) is 11.5 Å². The smallest absolute Gasteiger partial charge is 0.262 e. The minimum absolute atomic E-state index is 0.0152. The van der Waals surface area contributed by atoms with E-state index in [-0.39, 0.29) is 28.7 Å². The lowest BCUT2D eigenvalue weighted by atomic mass is 10.1. The summed E-state index contributed by atoms with van der Waals surface area (Å²) in [7, 11) is -2.24. The number of para-hydroxylation sites is 2. The molecule has 3 N–H and O–H groups in total. The molecule has 0 aliphatic rings. The summed E-state index contributed by atoms with van der Waals surface area (Å²) < 4.78 is 29.8. The minimum atomic E-state index is -3.79. The molecule has 38 heavy (non-hydrogen) atoms. The number of amides is 1. The average Bonchev–Trinajstić information content (AvgIpc) is 2.91. The largest absolute Gasteiger partial charge is 0.496 e. The number of aromatic nitrogens is 2. The molecule has 0 unspecified atom stereocenters. The molecule has 0 aliphatic carbocycles. The van der Waals surface area contributed by atoms with E-state index in [2.05, 4.69) is 15.5 Å². The quantitative estimate of drug-likeness (QED) is 0.133. The van der Waals surface area contributed by atoms with Crippen LogP contribution in [0, 0.1) is 0 Å². The van der Waals surface area contributed by atoms with Crippen LogP contribution < -0.4 is 20.9 Å². The van der Waals surface area contributed by atoms with Crippen molar-refractivity contribution in [2.75, 3.05) is 12.9 Å². The second kappa shape index (κ2) is 12.0. The van der Waals surface area contributed by atoms with E-state index in [1.54, 1.807) is 49.6 Å². The fourth-order valence-electron chi connectivity index (χ4n) is 3.65. The topological polar surface area (TPSA) is 146 Å². The highest BCUT2D eigenvalue weighted by Crippen LogP contribution is 2.19. The molecule has 1 aromatic heterocycles. The maximum Gasteiger partial charge on any atom is 0.262 e. The third-order valence-electron chi connectivity index (χ3n) is 5.57. The molecule has 12 heteroatoms. The number of nitrogens with one attached hydrogen (secondary N) is 1. The lowest BCUT2D eigenvalue weighted by Crippen LogP contribution is -2.26. The van der Waals surface area contributed by atoms with Gasteiger partial charge in [0.2, 0.25) is 10.0 Å². The molecule has 0 atom stereocenters. The van der Waals surface area contributed by atoms with Gasteiger partial charge in [-0.15, -0.1) is 0 Å². The first-order chi connectivity index (χ1) is 18.3. The SMILES string of the molecule is COc1ccccc1/C=N/NC(=O)CSc1nc2ccccc2c(=O)n1CCc1ccc(S(N)(=O)=O)cc1. The van der Waals surface area contributed by atoms with Gasteiger partial charge in [-0.25, -0.2) is 24.0 Å². The van der Waals surface area contributed by atoms with E-state index in [1.807, 2.05) is 18.2 Å². The van der Waals surface area contributed by atoms with Crippen molar-refractivity contribution in [2.45, 2.75) is 23.0 Å². The maximum absolute atomic E-state index is 13.3. The number of carbonyl (C=O) groups is 1. The number of hydrogen-bond acceptors (Lipinski definition) is 8. The lowest BCUT2D eigenvalue weighted by Gasteiger charge is -2.13. The van der Waals surface area contributed by atoms with Gasteiger partial charge in [0.1, 0.15) is 5.75 Å². The Kier molecular flexibility index (Phi) is 8.56. The predicted molar refractivity (Wildman–Crippen MR) is 147 cm³/mol. The number of nitrogens with zero attached hydrogens (tertiary/aromatic N) is 3. The number of rotatable bonds is 10. The van der Waals surface area contributed by atoms with Crippen LogP contribution in [0.4, 0.5) is 0 Å². The number of benzene rings is 3. The Balaban J connectivity index is 1.49. The fourth-order valence-corrected chi connectivity index (χ4v) is 4.98. The number of hydrazone groups is 1. The molecule has 3 aromatic carbocycles. The molecule has 0 aliphatic heterocycles. The van der Waals surface area contributed by atoms with Gasteiger partial charge in [-0.1, -0.05) is 48.2 Å². The van der Waals surface area contributed by atoms with E-state index < -0.39 is 10.0 Å². The number of ether oxygens (including phenoxy) is 1. The van der Waals surface area contributed by atoms with Crippen LogP contribution in [0.25, 0.3) is 10.9 Å². The predicted octanol–water partition coefficient (Wildman–Crippen LogP) is 2.54. The summed E-state index contributed by atoms with van der Waals surface area (Å²) in [5.41, 5.74) is 4.31. The summed E-state index contributed by atoms with van der Waals surface area (Å²) >= 11 is 1.12. The van der Waals surface area contributed by atoms with Gasteiger partial charge in [-0.3, -0.25) is 14.2 Å². The molecule has 0 bridgehead atoms. The molecule has 1 amide bonds. The first kappa shape index (κ1) is 27.0. The van der Waals surface area contributed by atoms with E-state index in [4.69, 9.17) is 9.88 Å². The number of sulfonamides is 1. The van der Waals surface area contributed by atoms with Crippen LogP contribution in [-0.2, 0) is 27.8 Å². The number of primary sulfonamides is 1. The second-order valence-electron chi connectivity index (χ2n) is 8.13. The maximum atomic E-state index is 13.3. The van der Waals surface area contributed by atoms with Gasteiger partial charge in [0.15, 0.2) is 5.16 Å². The van der Waals surface area contributed by atoms with E-state index in [0.29, 0.717) is 33.8 Å². The molecular formula is C26H25N5O5S2. The Labute approximate surface area is 223 Å². The van der Waals surface area contributed by atoms with Gasteiger partial charge in [0, 0.05) is 12.1 Å². The Morgan fingerprint density at radius 3 is 2.55 bits per heavy atom. The van der Waals surface area contributed by atoms with Crippen molar-refractivity contribution in [3.8, 4) is 5.75 Å². The van der Waals surface area contributed by atoms with Gasteiger partial charge in [0.05, 0.1) is 34.9 Å². The van der Waals surface area contributed by atoms with Crippen LogP contribution in [0.5, 0.6) is 5.75 Å². The number of methoxy groups -OCH3 is 1. The van der Waals surface area contributed by atoms with Crippen molar-refractivity contribution in [3.63, 3.8) is 0 Å². The summed E-state index contributed by atoms with van der Waals surface area (Å²) in [5, 5.41) is 10.0. The molecule has 0 radical (unpaired) electrons. The fraction of sp³-hybridized carbons (Fsp3) is 0.154. The highest BCUT2D eigenvalue weighted by molar-refractivity contribution is 7.99. The molecule has 10 nitrogen and oxygen atoms in total. The van der Waals surface area contributed by atoms with Crippen LogP contribution in [-0.4, -0.2) is 43.0 Å². The first-order valence-electron chi connectivity index (χ1n) is 11.5. The Bertz CT molecular complexity index is 1650. The second-order valence-corrected chi connectivity index (χ2v) is 10.6. The molecule has 0 saturated heterocycles. The van der Waals surface area contributed by atoms with Gasteiger partial charge < -0.3 is 4.74 Å². The number of hydrogen-bond donors (Lipinski definition) is 2. The van der Waals surface area contributed by atoms with Crippen molar-refractivity contribution in [1.82, 2.24) is 15.0 Å². The van der Waals surface area contributed by atoms with Crippen molar-refractivity contribution in [2.24, 2.45) is 10.2 Å². The zero-order valence-electron chi connectivity index (χ0n) is 20.4. The van der Waals surface area contributed by atoms with Crippen LogP contribution in [0.1, 0.15) is 11.1 Å². The number of thioether (sulfide) groups is 1. The number of aryl methyl sites for hydroxylation is 1. The molecular weight excluding hydrogens is 526 g/mol. The van der Waals surface area contributed by atoms with Gasteiger partial charge in [-0.2, -0.15) is 5.10 Å². The van der Waals surface area contributed by atoms with Crippen molar-refractivity contribution in [3.05, 3.63) is 94.3 Å². The van der Waals surface area contributed by atoms with Gasteiger partial charge >= 0.3 is 0 Å². The van der Waals surface area contributed by atoms with Crippen LogP contribution >= 0.6 is 11.8 Å². The highest BCUT2D eigenvalue weighted by Gasteiger charge is 2.14. The van der Waals surface area contributed by atoms with E-state index >= 15 is 0 Å². The van der Waals surface area contributed by atoms with Crippen molar-refractivity contribution in [1.29, 1.82) is 0 Å². The standard InChI is InChI=1S/C26H25N5O5S2/c1-36-23-9-5-2-6-19(23)16-28-30-24(32)17-37-26-29-22-8-4-3-7-21(22)25(33)31(26)15-14-18-10-12-20(13-11-18)38(27,34)35/h2-13,16H,14-15,17H2,1H3,(H,30,32)(H2,27,34,35)/b28-16+. The monoisotopic (exact) mass is 551 g/mol. The first-order valence-corrected chi connectivity index (χ1v) is 14.0. The van der Waals surface area contributed by atoms with E-state index in [0.717, 1.165) is 17.3 Å². The van der Waals surface area contributed by atoms with E-state index in [1.165, 1.54) is 22.9 Å². The summed E-state index contributed by atoms with van der Waals surface area (Å²) in [4.78, 5) is 30.4. The Morgan fingerprint density at radius 1 is 1.11 bits per heavy atom. The molecule has 0 fully saturated rings. The summed E-state index contributed by atoms with van der Waals surface area (Å²) in [5.74, 6) is 0.245. The molecule has 4 aromatic rings. The normalized spacial score (nSPS) is 11.6. The number of nitrogens with two attached hydrogens (primary N) is 1. The molecule has 0 spiro atoms. The molecule has 4 rings (SSSR count). The third kappa shape index (κ3) is 6.65. The highest BCUT2D eigenvalue weighted by atomic mass is 32.2. The molecule has 196 valence electrons. The van der Waals surface area contributed by atoms with E-state index in [9.17, 15) is 18.0 Å². The van der Waals surface area contributed by atoms with Crippen LogP contribution in [0.15, 0.2) is 92.7 Å². The third-order valence-corrected chi connectivity index (χ3v) is 7.47. The zero-order valence-corrected chi connectivity index (χ0v) is 22.0. The average molecular weight is 552 g/mol. The summed E-state index contributed by atoms with van der Waals surface area (Å²) in [6.07, 6.45) is 1.93. The van der Waals surface area contributed by atoms with Crippen molar-refractivity contribution < 1.29 is 17.9 Å². The summed E-state index contributed by atoms with van der Waals surface area (Å²) in [6.45, 7) is 0.279. The van der Waals surface area contributed by atoms with Crippen LogP contribution in [0.2, 0.25) is 0 Å². The molecule has 0 saturated carbocycles. The lowest BCUT2D eigenvalue weighted by molar-refractivity contribution is -0.118. The van der Waals surface area contributed by atoms with Gasteiger partial charge in [-0.05, 0) is 48.4 Å². The minimum Gasteiger partial charge on any atom is -0.496 e. The molecule has 1 heterocycles. The Hall–Kier alpha value is -4.00. The number of fused-ring (bicyclic) bond motifs is 1. The van der Waals surface area contributed by atoms with Crippen molar-refractivity contribution >= 4 is 44.8 Å². The Morgan fingerprint density at radius 2 is 1.82 bits per heavy atom. The summed E-state index contributed by atoms with van der Waals surface area (Å²) in [6, 6.07) is 20.4. The number of carbonyl (C=O) groups excluding carboxylic acids is 1. The van der Waals surface area contributed by atoms with Crippen LogP contribution in [0.3, 0.4) is 0 Å².